The van der Waals surface area contributed by atoms with Gasteiger partial charge in [0.15, 0.2) is 0 Å². The predicted molar refractivity (Wildman–Crippen MR) is 98.1 cm³/mol. The maximum atomic E-state index is 12.8. The summed E-state index contributed by atoms with van der Waals surface area (Å²) in [5.74, 6) is 0.946. The molecule has 0 unspecified atom stereocenters. The largest absolute Gasteiger partial charge is 0.376 e. The van der Waals surface area contributed by atoms with E-state index < -0.39 is 0 Å². The number of nitrogens with zero attached hydrogens (tertiary/aromatic N) is 4. The smallest absolute Gasteiger partial charge is 0.255 e. The molecular formula is C18H21ClN4O. The van der Waals surface area contributed by atoms with Crippen LogP contribution in [0.2, 0.25) is 5.02 Å². The van der Waals surface area contributed by atoms with Crippen LogP contribution in [0, 0.1) is 0 Å². The number of carbonyl (C=O) groups excluding carboxylic acids is 1. The zero-order valence-electron chi connectivity index (χ0n) is 13.9. The fourth-order valence-corrected chi connectivity index (χ4v) is 3.26. The normalized spacial score (nSPS) is 14.6. The first-order chi connectivity index (χ1) is 11.6. The number of piperazine rings is 1. The van der Waals surface area contributed by atoms with Crippen molar-refractivity contribution in [1.82, 2.24) is 9.88 Å². The van der Waals surface area contributed by atoms with Gasteiger partial charge in [0.2, 0.25) is 0 Å². The van der Waals surface area contributed by atoms with E-state index in [0.717, 1.165) is 24.6 Å². The van der Waals surface area contributed by atoms with Gasteiger partial charge in [-0.2, -0.15) is 0 Å². The molecule has 126 valence electrons. The lowest BCUT2D eigenvalue weighted by Gasteiger charge is -2.35. The number of hydrogen-bond acceptors (Lipinski definition) is 4. The van der Waals surface area contributed by atoms with Crippen molar-refractivity contribution >= 4 is 29.0 Å². The molecule has 0 radical (unpaired) electrons. The van der Waals surface area contributed by atoms with Gasteiger partial charge in [0, 0.05) is 46.5 Å². The number of rotatable bonds is 3. The van der Waals surface area contributed by atoms with E-state index in [1.807, 2.05) is 54.2 Å². The van der Waals surface area contributed by atoms with Crippen molar-refractivity contribution in [3.8, 4) is 0 Å². The fourth-order valence-electron chi connectivity index (χ4n) is 2.88. The molecule has 1 fully saturated rings. The van der Waals surface area contributed by atoms with Gasteiger partial charge in [-0.1, -0.05) is 23.7 Å². The van der Waals surface area contributed by atoms with Crippen LogP contribution in [0.4, 0.5) is 11.5 Å². The Morgan fingerprint density at radius 3 is 2.46 bits per heavy atom. The van der Waals surface area contributed by atoms with Crippen LogP contribution in [-0.4, -0.2) is 56.1 Å². The van der Waals surface area contributed by atoms with E-state index in [2.05, 4.69) is 9.88 Å². The molecule has 1 saturated heterocycles. The Bertz CT molecular complexity index is 712. The topological polar surface area (TPSA) is 39.7 Å². The number of aromatic nitrogens is 1. The minimum absolute atomic E-state index is 0.00984. The van der Waals surface area contributed by atoms with E-state index in [4.69, 9.17) is 11.6 Å². The summed E-state index contributed by atoms with van der Waals surface area (Å²) in [6, 6.07) is 11.5. The number of halogens is 1. The molecule has 0 spiro atoms. The van der Waals surface area contributed by atoms with E-state index in [1.165, 1.54) is 0 Å². The van der Waals surface area contributed by atoms with Gasteiger partial charge < -0.3 is 14.7 Å². The van der Waals surface area contributed by atoms with E-state index >= 15 is 0 Å². The molecule has 6 heteroatoms. The van der Waals surface area contributed by atoms with E-state index in [1.54, 1.807) is 12.3 Å². The van der Waals surface area contributed by atoms with Crippen molar-refractivity contribution in [2.45, 2.75) is 0 Å². The predicted octanol–water partition coefficient (Wildman–Crippen LogP) is 2.76. The first kappa shape index (κ1) is 16.6. The lowest BCUT2D eigenvalue weighted by Crippen LogP contribution is -2.49. The molecule has 1 amide bonds. The van der Waals surface area contributed by atoms with Crippen LogP contribution in [0.15, 0.2) is 42.6 Å². The molecule has 1 aliphatic heterocycles. The van der Waals surface area contributed by atoms with Crippen molar-refractivity contribution in [3.63, 3.8) is 0 Å². The molecule has 0 aliphatic carbocycles. The number of carbonyl (C=O) groups is 1. The molecular weight excluding hydrogens is 324 g/mol. The highest BCUT2D eigenvalue weighted by molar-refractivity contribution is 6.36. The van der Waals surface area contributed by atoms with Crippen LogP contribution >= 0.6 is 11.6 Å². The van der Waals surface area contributed by atoms with Crippen LogP contribution in [0.1, 0.15) is 10.4 Å². The highest BCUT2D eigenvalue weighted by Gasteiger charge is 2.25. The number of benzene rings is 1. The zero-order chi connectivity index (χ0) is 17.1. The first-order valence-corrected chi connectivity index (χ1v) is 8.37. The van der Waals surface area contributed by atoms with E-state index in [-0.39, 0.29) is 5.91 Å². The molecule has 24 heavy (non-hydrogen) atoms. The third-order valence-electron chi connectivity index (χ3n) is 4.23. The Morgan fingerprint density at radius 1 is 1.08 bits per heavy atom. The van der Waals surface area contributed by atoms with E-state index in [0.29, 0.717) is 23.7 Å². The minimum Gasteiger partial charge on any atom is -0.376 e. The quantitative estimate of drug-likeness (QED) is 0.858. The molecule has 1 aromatic carbocycles. The Hall–Kier alpha value is -2.27. The van der Waals surface area contributed by atoms with Crippen LogP contribution < -0.4 is 9.80 Å². The van der Waals surface area contributed by atoms with Crippen LogP contribution in [0.3, 0.4) is 0 Å². The molecule has 3 rings (SSSR count). The standard InChI is InChI=1S/C18H21ClN4O/c1-21(2)15-7-5-6-14(17(15)19)18(24)23-12-10-22(11-13-23)16-8-3-4-9-20-16/h3-9H,10-13H2,1-2H3. The average Bonchev–Trinajstić information content (AvgIpc) is 2.62. The molecule has 0 atom stereocenters. The zero-order valence-corrected chi connectivity index (χ0v) is 14.7. The van der Waals surface area contributed by atoms with Crippen LogP contribution in [0.5, 0.6) is 0 Å². The van der Waals surface area contributed by atoms with E-state index in [9.17, 15) is 4.79 Å². The summed E-state index contributed by atoms with van der Waals surface area (Å²) in [7, 11) is 3.84. The molecule has 5 nitrogen and oxygen atoms in total. The molecule has 2 heterocycles. The Morgan fingerprint density at radius 2 is 1.83 bits per heavy atom. The molecule has 1 aliphatic rings. The lowest BCUT2D eigenvalue weighted by atomic mass is 10.1. The minimum atomic E-state index is -0.00984. The Balaban J connectivity index is 1.71. The lowest BCUT2D eigenvalue weighted by molar-refractivity contribution is 0.0746. The summed E-state index contributed by atoms with van der Waals surface area (Å²) < 4.78 is 0. The van der Waals surface area contributed by atoms with Gasteiger partial charge in [0.25, 0.3) is 5.91 Å². The third-order valence-corrected chi connectivity index (χ3v) is 4.63. The van der Waals surface area contributed by atoms with Crippen molar-refractivity contribution in [1.29, 1.82) is 0 Å². The van der Waals surface area contributed by atoms with Crippen molar-refractivity contribution < 1.29 is 4.79 Å². The second kappa shape index (κ2) is 7.09. The van der Waals surface area contributed by atoms with Gasteiger partial charge in [0.1, 0.15) is 5.82 Å². The summed E-state index contributed by atoms with van der Waals surface area (Å²) >= 11 is 6.43. The number of hydrogen-bond donors (Lipinski definition) is 0. The number of pyridine rings is 1. The summed E-state index contributed by atoms with van der Waals surface area (Å²) in [6.45, 7) is 2.87. The maximum Gasteiger partial charge on any atom is 0.255 e. The highest BCUT2D eigenvalue weighted by Crippen LogP contribution is 2.29. The molecule has 0 saturated carbocycles. The Kier molecular flexibility index (Phi) is 4.90. The van der Waals surface area contributed by atoms with Crippen molar-refractivity contribution in [3.05, 3.63) is 53.2 Å². The third kappa shape index (κ3) is 3.31. The van der Waals surface area contributed by atoms with Gasteiger partial charge in [-0.3, -0.25) is 4.79 Å². The number of amides is 1. The maximum absolute atomic E-state index is 12.8. The van der Waals surface area contributed by atoms with Crippen LogP contribution in [-0.2, 0) is 0 Å². The second-order valence-corrected chi connectivity index (χ2v) is 6.38. The monoisotopic (exact) mass is 344 g/mol. The molecule has 0 N–H and O–H groups in total. The number of anilines is 2. The summed E-state index contributed by atoms with van der Waals surface area (Å²) in [6.07, 6.45) is 1.79. The van der Waals surface area contributed by atoms with Gasteiger partial charge in [-0.25, -0.2) is 4.98 Å². The molecule has 1 aromatic heterocycles. The van der Waals surface area contributed by atoms with Gasteiger partial charge in [0.05, 0.1) is 16.3 Å². The van der Waals surface area contributed by atoms with Gasteiger partial charge >= 0.3 is 0 Å². The van der Waals surface area contributed by atoms with Crippen molar-refractivity contribution in [2.24, 2.45) is 0 Å². The Labute approximate surface area is 147 Å². The van der Waals surface area contributed by atoms with Gasteiger partial charge in [-0.15, -0.1) is 0 Å². The summed E-state index contributed by atoms with van der Waals surface area (Å²) in [5, 5.41) is 0.514. The van der Waals surface area contributed by atoms with Gasteiger partial charge in [-0.05, 0) is 24.3 Å². The first-order valence-electron chi connectivity index (χ1n) is 7.99. The van der Waals surface area contributed by atoms with Crippen LogP contribution in [0.25, 0.3) is 0 Å². The molecule has 0 bridgehead atoms. The fraction of sp³-hybridized carbons (Fsp3) is 0.333. The van der Waals surface area contributed by atoms with Crippen molar-refractivity contribution in [2.75, 3.05) is 50.1 Å². The average molecular weight is 345 g/mol. The summed E-state index contributed by atoms with van der Waals surface area (Å²) in [5.41, 5.74) is 1.42. The molecule has 2 aromatic rings. The highest BCUT2D eigenvalue weighted by atomic mass is 35.5. The SMILES string of the molecule is CN(C)c1cccc(C(=O)N2CCN(c3ccccn3)CC2)c1Cl. The summed E-state index contributed by atoms with van der Waals surface area (Å²) in [4.78, 5) is 23.2. The second-order valence-electron chi connectivity index (χ2n) is 6.00.